The molecule has 7 heteroatoms. The van der Waals surface area contributed by atoms with Gasteiger partial charge in [-0.25, -0.2) is 4.99 Å². The smallest absolute Gasteiger partial charge is 0.241 e. The summed E-state index contributed by atoms with van der Waals surface area (Å²) in [6.07, 6.45) is 0.920. The maximum Gasteiger partial charge on any atom is 0.241 e. The lowest BCUT2D eigenvalue weighted by molar-refractivity contribution is -0.119. The second-order valence-electron chi connectivity index (χ2n) is 5.19. The number of carbonyl (C=O) groups is 1. The topological polar surface area (TPSA) is 66.0 Å². The number of aliphatic imine (C=N–C) groups is 1. The van der Waals surface area contributed by atoms with E-state index in [0.717, 1.165) is 24.3 Å². The number of nitrogens with zero attached hydrogens (tertiary/aromatic N) is 2. The number of hydrogen-bond donors (Lipinski definition) is 2. The van der Waals surface area contributed by atoms with Crippen molar-refractivity contribution in [1.29, 1.82) is 0 Å². The van der Waals surface area contributed by atoms with Gasteiger partial charge in [0.1, 0.15) is 12.3 Å². The minimum Gasteiger partial charge on any atom is -0.496 e. The van der Waals surface area contributed by atoms with E-state index in [0.29, 0.717) is 19.0 Å². The number of ether oxygens (including phenoxy) is 1. The Hall–Kier alpha value is -1.51. The monoisotopic (exact) mass is 448 g/mol. The molecule has 0 aromatic heterocycles. The highest BCUT2D eigenvalue weighted by atomic mass is 127. The molecule has 0 atom stereocenters. The van der Waals surface area contributed by atoms with Gasteiger partial charge in [0, 0.05) is 32.2 Å². The van der Waals surface area contributed by atoms with Crippen molar-refractivity contribution in [2.45, 2.75) is 26.8 Å². The van der Waals surface area contributed by atoms with E-state index in [1.54, 1.807) is 7.11 Å². The van der Waals surface area contributed by atoms with Crippen LogP contribution in [0.25, 0.3) is 0 Å². The predicted octanol–water partition coefficient (Wildman–Crippen LogP) is 2.24. The fourth-order valence-electron chi connectivity index (χ4n) is 2.10. The summed E-state index contributed by atoms with van der Waals surface area (Å²) in [5.41, 5.74) is 1.07. The number of benzene rings is 1. The Bertz CT molecular complexity index is 523. The molecule has 0 aliphatic carbocycles. The highest BCUT2D eigenvalue weighted by Crippen LogP contribution is 2.18. The maximum absolute atomic E-state index is 11.7. The van der Waals surface area contributed by atoms with Gasteiger partial charge >= 0.3 is 0 Å². The van der Waals surface area contributed by atoms with Crippen molar-refractivity contribution in [1.82, 2.24) is 15.5 Å². The van der Waals surface area contributed by atoms with Crippen molar-refractivity contribution in [3.8, 4) is 5.75 Å². The Morgan fingerprint density at radius 1 is 1.25 bits per heavy atom. The third-order valence-corrected chi connectivity index (χ3v) is 3.24. The number of para-hydroxylation sites is 1. The summed E-state index contributed by atoms with van der Waals surface area (Å²) in [6, 6.07) is 7.88. The molecule has 1 rings (SSSR count). The van der Waals surface area contributed by atoms with Crippen molar-refractivity contribution in [3.63, 3.8) is 0 Å². The molecular formula is C17H29IN4O2. The second-order valence-corrected chi connectivity index (χ2v) is 5.19. The first-order chi connectivity index (χ1) is 11.1. The number of hydrogen-bond acceptors (Lipinski definition) is 3. The maximum atomic E-state index is 11.7. The predicted molar refractivity (Wildman–Crippen MR) is 109 cm³/mol. The molecule has 0 aliphatic heterocycles. The van der Waals surface area contributed by atoms with Gasteiger partial charge in [-0.2, -0.15) is 0 Å². The molecule has 1 amide bonds. The van der Waals surface area contributed by atoms with Gasteiger partial charge in [0.25, 0.3) is 0 Å². The van der Waals surface area contributed by atoms with Crippen LogP contribution in [0.3, 0.4) is 0 Å². The first kappa shape index (κ1) is 22.5. The zero-order chi connectivity index (χ0) is 17.1. The normalized spacial score (nSPS) is 10.6. The second kappa shape index (κ2) is 12.9. The summed E-state index contributed by atoms with van der Waals surface area (Å²) < 4.78 is 5.38. The number of methoxy groups -OCH3 is 1. The van der Waals surface area contributed by atoms with E-state index in [2.05, 4.69) is 15.6 Å². The molecule has 0 radical (unpaired) electrons. The third kappa shape index (κ3) is 7.85. The molecule has 0 fully saturated rings. The molecule has 0 heterocycles. The fourth-order valence-corrected chi connectivity index (χ4v) is 2.10. The van der Waals surface area contributed by atoms with E-state index in [1.165, 1.54) is 0 Å². The van der Waals surface area contributed by atoms with Crippen molar-refractivity contribution in [3.05, 3.63) is 29.8 Å². The lowest BCUT2D eigenvalue weighted by atomic mass is 10.2. The average molecular weight is 448 g/mol. The Morgan fingerprint density at radius 3 is 2.58 bits per heavy atom. The van der Waals surface area contributed by atoms with Gasteiger partial charge < -0.3 is 20.3 Å². The summed E-state index contributed by atoms with van der Waals surface area (Å²) in [7, 11) is 3.61. The first-order valence-electron chi connectivity index (χ1n) is 8.00. The minimum atomic E-state index is -0.0621. The van der Waals surface area contributed by atoms with Crippen molar-refractivity contribution in [2.75, 3.05) is 33.8 Å². The largest absolute Gasteiger partial charge is 0.496 e. The summed E-state index contributed by atoms with van der Waals surface area (Å²) in [5, 5.41) is 6.03. The lowest BCUT2D eigenvalue weighted by Gasteiger charge is -2.23. The number of halogens is 1. The van der Waals surface area contributed by atoms with Crippen molar-refractivity contribution >= 4 is 35.8 Å². The quantitative estimate of drug-likeness (QED) is 0.364. The van der Waals surface area contributed by atoms with Crippen LogP contribution < -0.4 is 15.4 Å². The molecule has 0 aliphatic rings. The lowest BCUT2D eigenvalue weighted by Crippen LogP contribution is -2.39. The SMILES string of the molecule is CCCNC(=O)CN=C(NCC)N(C)Cc1ccccc1OC.I. The van der Waals surface area contributed by atoms with Gasteiger partial charge in [-0.05, 0) is 19.4 Å². The van der Waals surface area contributed by atoms with Gasteiger partial charge in [0.15, 0.2) is 5.96 Å². The third-order valence-electron chi connectivity index (χ3n) is 3.24. The van der Waals surface area contributed by atoms with Crippen LogP contribution in [0.2, 0.25) is 0 Å². The van der Waals surface area contributed by atoms with Crippen LogP contribution in [0.1, 0.15) is 25.8 Å². The van der Waals surface area contributed by atoms with Crippen molar-refractivity contribution in [2.24, 2.45) is 4.99 Å². The van der Waals surface area contributed by atoms with E-state index in [9.17, 15) is 4.79 Å². The van der Waals surface area contributed by atoms with Crippen LogP contribution in [-0.4, -0.2) is 50.6 Å². The average Bonchev–Trinajstić information content (AvgIpc) is 2.57. The van der Waals surface area contributed by atoms with E-state index in [4.69, 9.17) is 4.74 Å². The molecule has 136 valence electrons. The van der Waals surface area contributed by atoms with E-state index >= 15 is 0 Å². The van der Waals surface area contributed by atoms with Gasteiger partial charge in [-0.15, -0.1) is 24.0 Å². The van der Waals surface area contributed by atoms with E-state index in [1.807, 2.05) is 50.1 Å². The van der Waals surface area contributed by atoms with Crippen LogP contribution in [0.5, 0.6) is 5.75 Å². The fraction of sp³-hybridized carbons (Fsp3) is 0.529. The number of nitrogens with one attached hydrogen (secondary N) is 2. The highest BCUT2D eigenvalue weighted by Gasteiger charge is 2.10. The van der Waals surface area contributed by atoms with Crippen LogP contribution in [-0.2, 0) is 11.3 Å². The van der Waals surface area contributed by atoms with Crippen LogP contribution in [0.4, 0.5) is 0 Å². The molecule has 1 aromatic carbocycles. The Kier molecular flexibility index (Phi) is 12.0. The molecule has 0 bridgehead atoms. The molecular weight excluding hydrogens is 419 g/mol. The van der Waals surface area contributed by atoms with Gasteiger partial charge in [0.2, 0.25) is 5.91 Å². The Balaban J connectivity index is 0.00000529. The molecule has 6 nitrogen and oxygen atoms in total. The number of rotatable bonds is 8. The van der Waals surface area contributed by atoms with E-state index < -0.39 is 0 Å². The van der Waals surface area contributed by atoms with Crippen LogP contribution >= 0.6 is 24.0 Å². The summed E-state index contributed by atoms with van der Waals surface area (Å²) in [6.45, 7) is 6.22. The molecule has 0 saturated carbocycles. The number of amides is 1. The number of carbonyl (C=O) groups excluding carboxylic acids is 1. The molecule has 0 spiro atoms. The van der Waals surface area contributed by atoms with Gasteiger partial charge in [0.05, 0.1) is 7.11 Å². The number of guanidine groups is 1. The molecule has 2 N–H and O–H groups in total. The van der Waals surface area contributed by atoms with E-state index in [-0.39, 0.29) is 36.4 Å². The summed E-state index contributed by atoms with van der Waals surface area (Å²) in [4.78, 5) is 18.1. The zero-order valence-corrected chi connectivity index (χ0v) is 17.3. The Labute approximate surface area is 162 Å². The molecule has 0 saturated heterocycles. The highest BCUT2D eigenvalue weighted by molar-refractivity contribution is 14.0. The van der Waals surface area contributed by atoms with Gasteiger partial charge in [-0.1, -0.05) is 25.1 Å². The zero-order valence-electron chi connectivity index (χ0n) is 15.0. The minimum absolute atomic E-state index is 0. The van der Waals surface area contributed by atoms with Gasteiger partial charge in [-0.3, -0.25) is 4.79 Å². The van der Waals surface area contributed by atoms with Crippen LogP contribution in [0, 0.1) is 0 Å². The molecule has 1 aromatic rings. The molecule has 0 unspecified atom stereocenters. The van der Waals surface area contributed by atoms with Crippen LogP contribution in [0.15, 0.2) is 29.3 Å². The summed E-state index contributed by atoms with van der Waals surface area (Å²) in [5.74, 6) is 1.48. The Morgan fingerprint density at radius 2 is 1.96 bits per heavy atom. The molecule has 24 heavy (non-hydrogen) atoms. The standard InChI is InChI=1S/C17H28N4O2.HI/c1-5-11-19-16(22)12-20-17(18-6-2)21(3)13-14-9-7-8-10-15(14)23-4;/h7-10H,5-6,11-13H2,1-4H3,(H,18,20)(H,19,22);1H. The first-order valence-corrected chi connectivity index (χ1v) is 8.00. The van der Waals surface area contributed by atoms with Crippen molar-refractivity contribution < 1.29 is 9.53 Å². The summed E-state index contributed by atoms with van der Waals surface area (Å²) >= 11 is 0.